The summed E-state index contributed by atoms with van der Waals surface area (Å²) in [7, 11) is 1.60. The number of nitrogens with one attached hydrogen (secondary N) is 1. The summed E-state index contributed by atoms with van der Waals surface area (Å²) < 4.78 is 10.8. The van der Waals surface area contributed by atoms with Crippen molar-refractivity contribution in [3.8, 4) is 11.6 Å². The Morgan fingerprint density at radius 2 is 2.25 bits per heavy atom. The van der Waals surface area contributed by atoms with Gasteiger partial charge in [0.05, 0.1) is 13.7 Å². The first-order chi connectivity index (χ1) is 9.86. The van der Waals surface area contributed by atoms with Gasteiger partial charge in [-0.05, 0) is 18.1 Å². The second kappa shape index (κ2) is 5.77. The Labute approximate surface area is 118 Å². The van der Waals surface area contributed by atoms with Crippen LogP contribution in [0.25, 0.3) is 0 Å². The second-order valence-electron chi connectivity index (χ2n) is 4.68. The van der Waals surface area contributed by atoms with E-state index in [4.69, 9.17) is 9.47 Å². The number of ether oxygens (including phenoxy) is 2. The summed E-state index contributed by atoms with van der Waals surface area (Å²) >= 11 is 0. The van der Waals surface area contributed by atoms with Gasteiger partial charge in [0.25, 0.3) is 0 Å². The molecule has 0 aliphatic carbocycles. The standard InChI is InChI=1S/C15H17N3O2/c1-19-14-6-8-16-15(18-14)17-10-11-7-9-20-13-5-3-2-4-12(11)13/h2-6,8,11H,7,9-10H2,1H3,(H,16,17,18). The molecule has 104 valence electrons. The smallest absolute Gasteiger partial charge is 0.225 e. The number of aromatic nitrogens is 2. The highest BCUT2D eigenvalue weighted by atomic mass is 16.5. The highest BCUT2D eigenvalue weighted by Crippen LogP contribution is 2.33. The molecular formula is C15H17N3O2. The largest absolute Gasteiger partial charge is 0.493 e. The molecule has 0 fully saturated rings. The summed E-state index contributed by atoms with van der Waals surface area (Å²) in [4.78, 5) is 8.45. The molecule has 1 aromatic heterocycles. The summed E-state index contributed by atoms with van der Waals surface area (Å²) in [6.07, 6.45) is 2.68. The van der Waals surface area contributed by atoms with Gasteiger partial charge in [-0.1, -0.05) is 18.2 Å². The quantitative estimate of drug-likeness (QED) is 0.925. The van der Waals surface area contributed by atoms with E-state index in [1.807, 2.05) is 18.2 Å². The Hall–Kier alpha value is -2.30. The van der Waals surface area contributed by atoms with Crippen molar-refractivity contribution in [1.29, 1.82) is 0 Å². The third-order valence-electron chi connectivity index (χ3n) is 3.43. The molecule has 5 heteroatoms. The number of anilines is 1. The van der Waals surface area contributed by atoms with Crippen molar-refractivity contribution in [3.63, 3.8) is 0 Å². The minimum absolute atomic E-state index is 0.412. The average molecular weight is 271 g/mol. The molecular weight excluding hydrogens is 254 g/mol. The van der Waals surface area contributed by atoms with Gasteiger partial charge in [0.2, 0.25) is 11.8 Å². The molecule has 1 aliphatic heterocycles. The Balaban J connectivity index is 1.70. The van der Waals surface area contributed by atoms with E-state index in [0.717, 1.165) is 25.3 Å². The lowest BCUT2D eigenvalue weighted by atomic mass is 9.93. The molecule has 0 bridgehead atoms. The van der Waals surface area contributed by atoms with Crippen LogP contribution in [0.5, 0.6) is 11.6 Å². The van der Waals surface area contributed by atoms with Gasteiger partial charge in [-0.3, -0.25) is 0 Å². The van der Waals surface area contributed by atoms with Gasteiger partial charge < -0.3 is 14.8 Å². The molecule has 2 heterocycles. The molecule has 2 aromatic rings. The zero-order valence-corrected chi connectivity index (χ0v) is 11.4. The van der Waals surface area contributed by atoms with Gasteiger partial charge in [-0.25, -0.2) is 4.98 Å². The first-order valence-corrected chi connectivity index (χ1v) is 6.69. The fraction of sp³-hybridized carbons (Fsp3) is 0.333. The molecule has 0 saturated heterocycles. The number of nitrogens with zero attached hydrogens (tertiary/aromatic N) is 2. The molecule has 1 aromatic carbocycles. The maximum atomic E-state index is 5.66. The van der Waals surface area contributed by atoms with Gasteiger partial charge in [0.15, 0.2) is 0 Å². The van der Waals surface area contributed by atoms with Crippen LogP contribution in [0.1, 0.15) is 17.9 Å². The molecule has 0 radical (unpaired) electrons. The van der Waals surface area contributed by atoms with Crippen molar-refractivity contribution in [1.82, 2.24) is 9.97 Å². The molecule has 1 aliphatic rings. The molecule has 0 saturated carbocycles. The van der Waals surface area contributed by atoms with E-state index in [0.29, 0.717) is 17.7 Å². The Morgan fingerprint density at radius 1 is 1.35 bits per heavy atom. The van der Waals surface area contributed by atoms with Crippen LogP contribution >= 0.6 is 0 Å². The minimum atomic E-state index is 0.412. The monoisotopic (exact) mass is 271 g/mol. The molecule has 20 heavy (non-hydrogen) atoms. The van der Waals surface area contributed by atoms with Gasteiger partial charge in [0.1, 0.15) is 5.75 Å². The van der Waals surface area contributed by atoms with Gasteiger partial charge in [0, 0.05) is 24.7 Å². The SMILES string of the molecule is COc1ccnc(NCC2CCOc3ccccc32)n1. The van der Waals surface area contributed by atoms with Gasteiger partial charge in [-0.2, -0.15) is 4.98 Å². The van der Waals surface area contributed by atoms with Crippen LogP contribution in [0.4, 0.5) is 5.95 Å². The van der Waals surface area contributed by atoms with Gasteiger partial charge in [-0.15, -0.1) is 0 Å². The third kappa shape index (κ3) is 2.66. The van der Waals surface area contributed by atoms with Crippen LogP contribution in [-0.2, 0) is 0 Å². The molecule has 3 rings (SSSR count). The number of rotatable bonds is 4. The van der Waals surface area contributed by atoms with Gasteiger partial charge >= 0.3 is 0 Å². The third-order valence-corrected chi connectivity index (χ3v) is 3.43. The normalized spacial score (nSPS) is 16.9. The van der Waals surface area contributed by atoms with Crippen LogP contribution in [0.15, 0.2) is 36.5 Å². The Morgan fingerprint density at radius 3 is 3.15 bits per heavy atom. The van der Waals surface area contributed by atoms with E-state index in [1.165, 1.54) is 5.56 Å². The van der Waals surface area contributed by atoms with Crippen LogP contribution < -0.4 is 14.8 Å². The number of hydrogen-bond donors (Lipinski definition) is 1. The van der Waals surface area contributed by atoms with Crippen LogP contribution in [0.2, 0.25) is 0 Å². The average Bonchev–Trinajstić information content (AvgIpc) is 2.53. The number of hydrogen-bond acceptors (Lipinski definition) is 5. The fourth-order valence-electron chi connectivity index (χ4n) is 2.38. The first-order valence-electron chi connectivity index (χ1n) is 6.69. The molecule has 0 spiro atoms. The summed E-state index contributed by atoms with van der Waals surface area (Å²) in [5.74, 6) is 2.55. The molecule has 5 nitrogen and oxygen atoms in total. The van der Waals surface area contributed by atoms with Crippen molar-refractivity contribution >= 4 is 5.95 Å². The summed E-state index contributed by atoms with van der Waals surface area (Å²) in [6.45, 7) is 1.54. The van der Waals surface area contributed by atoms with E-state index >= 15 is 0 Å². The number of fused-ring (bicyclic) bond motifs is 1. The predicted octanol–water partition coefficient (Wildman–Crippen LogP) is 2.46. The van der Waals surface area contributed by atoms with E-state index in [-0.39, 0.29) is 0 Å². The van der Waals surface area contributed by atoms with Crippen molar-refractivity contribution < 1.29 is 9.47 Å². The number of para-hydroxylation sites is 1. The lowest BCUT2D eigenvalue weighted by Gasteiger charge is -2.25. The molecule has 1 unspecified atom stereocenters. The predicted molar refractivity (Wildman–Crippen MR) is 76.4 cm³/mol. The Kier molecular flexibility index (Phi) is 3.67. The van der Waals surface area contributed by atoms with Crippen LogP contribution in [-0.4, -0.2) is 30.2 Å². The number of benzene rings is 1. The molecule has 0 amide bonds. The zero-order chi connectivity index (χ0) is 13.8. The van der Waals surface area contributed by atoms with E-state index in [2.05, 4.69) is 21.4 Å². The van der Waals surface area contributed by atoms with E-state index < -0.39 is 0 Å². The fourth-order valence-corrected chi connectivity index (χ4v) is 2.38. The van der Waals surface area contributed by atoms with Crippen molar-refractivity contribution in [2.75, 3.05) is 25.6 Å². The van der Waals surface area contributed by atoms with E-state index in [1.54, 1.807) is 19.4 Å². The van der Waals surface area contributed by atoms with Crippen molar-refractivity contribution in [3.05, 3.63) is 42.1 Å². The Bertz CT molecular complexity index is 589. The van der Waals surface area contributed by atoms with Crippen LogP contribution in [0.3, 0.4) is 0 Å². The topological polar surface area (TPSA) is 56.3 Å². The first kappa shape index (κ1) is 12.7. The highest BCUT2D eigenvalue weighted by molar-refractivity contribution is 5.39. The summed E-state index contributed by atoms with van der Waals surface area (Å²) in [6, 6.07) is 9.91. The van der Waals surface area contributed by atoms with Crippen molar-refractivity contribution in [2.45, 2.75) is 12.3 Å². The maximum absolute atomic E-state index is 5.66. The summed E-state index contributed by atoms with van der Waals surface area (Å²) in [5.41, 5.74) is 1.24. The van der Waals surface area contributed by atoms with Crippen LogP contribution in [0, 0.1) is 0 Å². The van der Waals surface area contributed by atoms with E-state index in [9.17, 15) is 0 Å². The summed E-state index contributed by atoms with van der Waals surface area (Å²) in [5, 5.41) is 3.27. The minimum Gasteiger partial charge on any atom is -0.493 e. The molecule has 1 N–H and O–H groups in total. The second-order valence-corrected chi connectivity index (χ2v) is 4.68. The highest BCUT2D eigenvalue weighted by Gasteiger charge is 2.20. The number of methoxy groups -OCH3 is 1. The lowest BCUT2D eigenvalue weighted by molar-refractivity contribution is 0.270. The maximum Gasteiger partial charge on any atom is 0.225 e. The lowest BCUT2D eigenvalue weighted by Crippen LogP contribution is -2.21. The molecule has 1 atom stereocenters. The van der Waals surface area contributed by atoms with Crippen molar-refractivity contribution in [2.24, 2.45) is 0 Å². The zero-order valence-electron chi connectivity index (χ0n) is 11.4.